The molecule has 0 atom stereocenters. The number of aliphatic hydroxyl groups excluding tert-OH is 2. The molecule has 2 amide bonds. The molecule has 0 aromatic heterocycles. The first-order chi connectivity index (χ1) is 23.1. The number of carbonyl (C=O) groups is 2. The van der Waals surface area contributed by atoms with Gasteiger partial charge >= 0.3 is 6.18 Å². The van der Waals surface area contributed by atoms with Crippen molar-refractivity contribution in [1.29, 1.82) is 0 Å². The molecule has 1 aliphatic rings. The first-order valence-corrected chi connectivity index (χ1v) is 16.1. The molecule has 5 N–H and O–H groups in total. The molecule has 3 aromatic rings. The third kappa shape index (κ3) is 10.8. The van der Waals surface area contributed by atoms with Gasteiger partial charge in [0, 0.05) is 57.1 Å². The number of amides is 2. The fraction of sp³-hybridized carbons (Fsp3) is 0.382. The summed E-state index contributed by atoms with van der Waals surface area (Å²) >= 11 is 5.70. The summed E-state index contributed by atoms with van der Waals surface area (Å²) in [5.74, 6) is -1.09. The van der Waals surface area contributed by atoms with Crippen LogP contribution < -0.4 is 21.0 Å². The van der Waals surface area contributed by atoms with Crippen molar-refractivity contribution in [2.24, 2.45) is 5.10 Å². The Hall–Kier alpha value is -4.01. The Morgan fingerprint density at radius 1 is 0.938 bits per heavy atom. The normalized spacial score (nSPS) is 13.7. The van der Waals surface area contributed by atoms with Crippen molar-refractivity contribution < 1.29 is 33.0 Å². The van der Waals surface area contributed by atoms with Crippen molar-refractivity contribution in [3.8, 4) is 0 Å². The molecule has 1 aliphatic heterocycles. The van der Waals surface area contributed by atoms with E-state index in [0.717, 1.165) is 62.0 Å². The quantitative estimate of drug-likeness (QED) is 0.0887. The predicted molar refractivity (Wildman–Crippen MR) is 181 cm³/mol. The van der Waals surface area contributed by atoms with E-state index in [1.54, 1.807) is 30.3 Å². The van der Waals surface area contributed by atoms with E-state index in [9.17, 15) is 33.0 Å². The summed E-state index contributed by atoms with van der Waals surface area (Å²) in [5, 5.41) is 27.9. The molecule has 0 unspecified atom stereocenters. The average Bonchev–Trinajstić information content (AvgIpc) is 3.07. The second-order valence-electron chi connectivity index (χ2n) is 11.3. The zero-order chi connectivity index (χ0) is 34.5. The molecule has 10 nitrogen and oxygen atoms in total. The number of anilines is 2. The number of aliphatic hydroxyl groups is 2. The van der Waals surface area contributed by atoms with E-state index < -0.39 is 28.6 Å². The smallest absolute Gasteiger partial charge is 0.395 e. The van der Waals surface area contributed by atoms with Crippen molar-refractivity contribution in [2.75, 3.05) is 62.7 Å². The van der Waals surface area contributed by atoms with E-state index in [0.29, 0.717) is 38.3 Å². The van der Waals surface area contributed by atoms with Gasteiger partial charge in [-0.1, -0.05) is 29.8 Å². The van der Waals surface area contributed by atoms with E-state index in [1.807, 2.05) is 17.0 Å². The van der Waals surface area contributed by atoms with Gasteiger partial charge in [-0.3, -0.25) is 14.5 Å². The lowest BCUT2D eigenvalue weighted by molar-refractivity contribution is -0.137. The fourth-order valence-corrected chi connectivity index (χ4v) is 5.57. The number of hydrogen-bond acceptors (Lipinski definition) is 8. The van der Waals surface area contributed by atoms with Gasteiger partial charge < -0.3 is 25.7 Å². The van der Waals surface area contributed by atoms with Gasteiger partial charge in [0.25, 0.3) is 11.8 Å². The summed E-state index contributed by atoms with van der Waals surface area (Å²) in [6, 6.07) is 15.5. The van der Waals surface area contributed by atoms with Gasteiger partial charge in [-0.25, -0.2) is 5.43 Å². The Morgan fingerprint density at radius 2 is 1.69 bits per heavy atom. The van der Waals surface area contributed by atoms with Crippen LogP contribution in [0.1, 0.15) is 56.7 Å². The highest BCUT2D eigenvalue weighted by Gasteiger charge is 2.33. The van der Waals surface area contributed by atoms with E-state index in [4.69, 9.17) is 11.6 Å². The second kappa shape index (κ2) is 17.9. The molecule has 1 heterocycles. The van der Waals surface area contributed by atoms with Gasteiger partial charge in [0.05, 0.1) is 41.3 Å². The van der Waals surface area contributed by atoms with Crippen LogP contribution in [0, 0.1) is 0 Å². The molecule has 4 rings (SSSR count). The summed E-state index contributed by atoms with van der Waals surface area (Å²) in [6.07, 6.45) is -0.411. The highest BCUT2D eigenvalue weighted by Crippen LogP contribution is 2.35. The minimum atomic E-state index is -4.65. The van der Waals surface area contributed by atoms with Gasteiger partial charge in [-0.05, 0) is 72.9 Å². The minimum absolute atomic E-state index is 0.00422. The molecule has 1 fully saturated rings. The zero-order valence-corrected chi connectivity index (χ0v) is 27.2. The van der Waals surface area contributed by atoms with Crippen LogP contribution >= 0.6 is 11.6 Å². The summed E-state index contributed by atoms with van der Waals surface area (Å²) in [5.41, 5.74) is 3.88. The standard InChI is InChI=1S/C34H40ClF3N6O4/c35-30-9-7-25(20-29(30)34(36,37)38)23-40-42-33(48)28-21-27(44-12-2-1-3-13-44)8-10-31(28)41-32(47)26-6-4-5-24(19-26)22-39-11-14-43(15-17-45)16-18-46/h4-10,19-21,23,39,45-46H,1-3,11-18,22H2,(H,41,47)(H,42,48)/b40-23-. The van der Waals surface area contributed by atoms with Crippen LogP contribution in [0.25, 0.3) is 0 Å². The zero-order valence-electron chi connectivity index (χ0n) is 26.4. The number of benzene rings is 3. The predicted octanol–water partition coefficient (Wildman–Crippen LogP) is 4.74. The van der Waals surface area contributed by atoms with Crippen LogP contribution in [0.2, 0.25) is 5.02 Å². The molecule has 14 heteroatoms. The maximum Gasteiger partial charge on any atom is 0.417 e. The maximum atomic E-state index is 13.4. The van der Waals surface area contributed by atoms with Crippen molar-refractivity contribution in [3.63, 3.8) is 0 Å². The van der Waals surface area contributed by atoms with Crippen LogP contribution in [0.4, 0.5) is 24.5 Å². The maximum absolute atomic E-state index is 13.4. The average molecular weight is 689 g/mol. The first kappa shape index (κ1) is 36.8. The summed E-state index contributed by atoms with van der Waals surface area (Å²) in [7, 11) is 0. The molecule has 0 radical (unpaired) electrons. The number of piperidine rings is 1. The van der Waals surface area contributed by atoms with Crippen LogP contribution in [0.15, 0.2) is 65.8 Å². The molecule has 0 spiro atoms. The monoisotopic (exact) mass is 688 g/mol. The number of carbonyl (C=O) groups excluding carboxylic acids is 2. The van der Waals surface area contributed by atoms with E-state index >= 15 is 0 Å². The molecule has 258 valence electrons. The Morgan fingerprint density at radius 3 is 2.40 bits per heavy atom. The van der Waals surface area contributed by atoms with Crippen LogP contribution in [-0.4, -0.2) is 85.6 Å². The topological polar surface area (TPSA) is 130 Å². The Labute approximate surface area is 282 Å². The highest BCUT2D eigenvalue weighted by atomic mass is 35.5. The lowest BCUT2D eigenvalue weighted by atomic mass is 10.1. The van der Waals surface area contributed by atoms with E-state index in [1.165, 1.54) is 6.07 Å². The Kier molecular flexibility index (Phi) is 13.8. The number of hydrazone groups is 1. The summed E-state index contributed by atoms with van der Waals surface area (Å²) in [4.78, 5) is 30.9. The molecular formula is C34H40ClF3N6O4. The lowest BCUT2D eigenvalue weighted by Gasteiger charge is -2.29. The van der Waals surface area contributed by atoms with Gasteiger partial charge in [0.15, 0.2) is 0 Å². The van der Waals surface area contributed by atoms with Crippen molar-refractivity contribution in [1.82, 2.24) is 15.6 Å². The van der Waals surface area contributed by atoms with Crippen LogP contribution in [0.5, 0.6) is 0 Å². The molecule has 0 bridgehead atoms. The fourth-order valence-electron chi connectivity index (χ4n) is 5.35. The third-order valence-corrected chi connectivity index (χ3v) is 8.18. The van der Waals surface area contributed by atoms with Crippen molar-refractivity contribution >= 4 is 41.0 Å². The molecule has 3 aromatic carbocycles. The molecule has 0 saturated carbocycles. The van der Waals surface area contributed by atoms with Gasteiger partial charge in [-0.15, -0.1) is 0 Å². The van der Waals surface area contributed by atoms with Crippen molar-refractivity contribution in [3.05, 3.63) is 93.5 Å². The number of halogens is 4. The van der Waals surface area contributed by atoms with E-state index in [-0.39, 0.29) is 30.0 Å². The molecule has 0 aliphatic carbocycles. The second-order valence-corrected chi connectivity index (χ2v) is 11.7. The lowest BCUT2D eigenvalue weighted by Crippen LogP contribution is -2.35. The van der Waals surface area contributed by atoms with Gasteiger partial charge in [0.2, 0.25) is 0 Å². The largest absolute Gasteiger partial charge is 0.417 e. The molecule has 48 heavy (non-hydrogen) atoms. The van der Waals surface area contributed by atoms with Crippen molar-refractivity contribution in [2.45, 2.75) is 32.0 Å². The summed E-state index contributed by atoms with van der Waals surface area (Å²) < 4.78 is 39.8. The van der Waals surface area contributed by atoms with Gasteiger partial charge in [0.1, 0.15) is 0 Å². The number of hydrogen-bond donors (Lipinski definition) is 5. The molecule has 1 saturated heterocycles. The van der Waals surface area contributed by atoms with Crippen LogP contribution in [0.3, 0.4) is 0 Å². The SMILES string of the molecule is O=C(Nc1ccc(N2CCCCC2)cc1C(=O)N/N=C\c1ccc(Cl)c(C(F)(F)F)c1)c1cccc(CNCCN(CCO)CCO)c1. The number of nitrogens with one attached hydrogen (secondary N) is 3. The highest BCUT2D eigenvalue weighted by molar-refractivity contribution is 6.31. The van der Waals surface area contributed by atoms with Gasteiger partial charge in [-0.2, -0.15) is 18.3 Å². The number of alkyl halides is 3. The number of rotatable bonds is 15. The Bertz CT molecular complexity index is 1560. The minimum Gasteiger partial charge on any atom is -0.395 e. The Balaban J connectivity index is 1.47. The third-order valence-electron chi connectivity index (χ3n) is 7.85. The van der Waals surface area contributed by atoms with Crippen LogP contribution in [-0.2, 0) is 12.7 Å². The van der Waals surface area contributed by atoms with E-state index in [2.05, 4.69) is 26.1 Å². The first-order valence-electron chi connectivity index (χ1n) is 15.7. The number of nitrogens with zero attached hydrogens (tertiary/aromatic N) is 3. The molecular weight excluding hydrogens is 649 g/mol. The summed E-state index contributed by atoms with van der Waals surface area (Å²) in [6.45, 7) is 4.33.